The molecular formula is C19H11BrN2O3. The smallest absolute Gasteiger partial charge is 0.270 e. The second kappa shape index (κ2) is 7.16. The fraction of sp³-hybridized carbons (Fsp3) is 0. The molecule has 0 spiro atoms. The molecule has 0 N–H and O–H groups in total. The van der Waals surface area contributed by atoms with Crippen molar-refractivity contribution in [1.82, 2.24) is 0 Å². The molecular weight excluding hydrogens is 384 g/mol. The Kier molecular flexibility index (Phi) is 4.78. The van der Waals surface area contributed by atoms with Gasteiger partial charge in [-0.1, -0.05) is 40.2 Å². The molecule has 1 heterocycles. The first-order valence-corrected chi connectivity index (χ1v) is 8.08. The van der Waals surface area contributed by atoms with Gasteiger partial charge in [-0.3, -0.25) is 10.1 Å². The van der Waals surface area contributed by atoms with Gasteiger partial charge >= 0.3 is 0 Å². The maximum atomic E-state index is 10.9. The van der Waals surface area contributed by atoms with Gasteiger partial charge in [0.15, 0.2) is 0 Å². The van der Waals surface area contributed by atoms with Crippen molar-refractivity contribution in [3.63, 3.8) is 0 Å². The number of benzene rings is 2. The van der Waals surface area contributed by atoms with Gasteiger partial charge in [-0.05, 0) is 35.9 Å². The van der Waals surface area contributed by atoms with Crippen LogP contribution in [0.1, 0.15) is 11.3 Å². The fourth-order valence-corrected chi connectivity index (χ4v) is 2.57. The maximum Gasteiger partial charge on any atom is 0.270 e. The molecule has 0 bridgehead atoms. The molecule has 0 radical (unpaired) electrons. The predicted molar refractivity (Wildman–Crippen MR) is 98.4 cm³/mol. The van der Waals surface area contributed by atoms with Crippen LogP contribution in [0, 0.1) is 21.4 Å². The SMILES string of the molecule is N#C/C(=C\c1ccc(-c2cccc([N+](=O)[O-])c2)o1)c1ccc(Br)cc1. The Balaban J connectivity index is 1.93. The summed E-state index contributed by atoms with van der Waals surface area (Å²) in [5.74, 6) is 1.00. The topological polar surface area (TPSA) is 80.1 Å². The van der Waals surface area contributed by atoms with Crippen LogP contribution in [-0.2, 0) is 0 Å². The molecule has 0 fully saturated rings. The van der Waals surface area contributed by atoms with E-state index in [1.165, 1.54) is 12.1 Å². The summed E-state index contributed by atoms with van der Waals surface area (Å²) in [5, 5.41) is 20.3. The van der Waals surface area contributed by atoms with E-state index in [-0.39, 0.29) is 5.69 Å². The lowest BCUT2D eigenvalue weighted by molar-refractivity contribution is -0.384. The monoisotopic (exact) mass is 394 g/mol. The Morgan fingerprint density at radius 2 is 1.92 bits per heavy atom. The Hall–Kier alpha value is -3.17. The minimum Gasteiger partial charge on any atom is -0.457 e. The van der Waals surface area contributed by atoms with Crippen LogP contribution in [0.15, 0.2) is 69.6 Å². The summed E-state index contributed by atoms with van der Waals surface area (Å²) in [4.78, 5) is 10.4. The van der Waals surface area contributed by atoms with E-state index in [9.17, 15) is 15.4 Å². The minimum absolute atomic E-state index is 0.00133. The van der Waals surface area contributed by atoms with Crippen molar-refractivity contribution in [2.24, 2.45) is 0 Å². The summed E-state index contributed by atoms with van der Waals surface area (Å²) in [7, 11) is 0. The van der Waals surface area contributed by atoms with Crippen LogP contribution in [0.3, 0.4) is 0 Å². The van der Waals surface area contributed by atoms with Crippen LogP contribution in [0.2, 0.25) is 0 Å². The van der Waals surface area contributed by atoms with E-state index >= 15 is 0 Å². The summed E-state index contributed by atoms with van der Waals surface area (Å²) >= 11 is 3.36. The standard InChI is InChI=1S/C19H11BrN2O3/c20-16-6-4-13(5-7-16)15(12-21)11-18-8-9-19(25-18)14-2-1-3-17(10-14)22(23)24/h1-11H/b15-11+. The van der Waals surface area contributed by atoms with Crippen molar-refractivity contribution >= 4 is 33.3 Å². The van der Waals surface area contributed by atoms with E-state index in [0.717, 1.165) is 10.0 Å². The summed E-state index contributed by atoms with van der Waals surface area (Å²) < 4.78 is 6.65. The van der Waals surface area contributed by atoms with Gasteiger partial charge in [-0.2, -0.15) is 5.26 Å². The van der Waals surface area contributed by atoms with Crippen LogP contribution in [0.25, 0.3) is 23.0 Å². The van der Waals surface area contributed by atoms with E-state index in [1.807, 2.05) is 24.3 Å². The lowest BCUT2D eigenvalue weighted by Crippen LogP contribution is -1.87. The third-order valence-corrected chi connectivity index (χ3v) is 4.06. The third kappa shape index (κ3) is 3.84. The quantitative estimate of drug-likeness (QED) is 0.323. The van der Waals surface area contributed by atoms with Gasteiger partial charge in [0.1, 0.15) is 11.5 Å². The molecule has 0 unspecified atom stereocenters. The Bertz CT molecular complexity index is 998. The van der Waals surface area contributed by atoms with Gasteiger partial charge < -0.3 is 4.42 Å². The average Bonchev–Trinajstić information content (AvgIpc) is 3.09. The molecule has 5 nitrogen and oxygen atoms in total. The number of allylic oxidation sites excluding steroid dienone is 1. The molecule has 0 aliphatic carbocycles. The molecule has 0 amide bonds. The fourth-order valence-electron chi connectivity index (χ4n) is 2.31. The van der Waals surface area contributed by atoms with Gasteiger partial charge in [0.25, 0.3) is 5.69 Å². The van der Waals surface area contributed by atoms with Crippen LogP contribution < -0.4 is 0 Å². The number of hydrogen-bond donors (Lipinski definition) is 0. The zero-order valence-corrected chi connectivity index (χ0v) is 14.4. The van der Waals surface area contributed by atoms with E-state index < -0.39 is 4.92 Å². The molecule has 122 valence electrons. The zero-order valence-electron chi connectivity index (χ0n) is 12.8. The molecule has 3 rings (SSSR count). The second-order valence-corrected chi connectivity index (χ2v) is 6.10. The Labute approximate surface area is 152 Å². The van der Waals surface area contributed by atoms with Crippen molar-refractivity contribution < 1.29 is 9.34 Å². The predicted octanol–water partition coefficient (Wildman–Crippen LogP) is 5.68. The van der Waals surface area contributed by atoms with Crippen molar-refractivity contribution in [3.05, 3.63) is 86.6 Å². The van der Waals surface area contributed by atoms with Gasteiger partial charge in [-0.25, -0.2) is 0 Å². The van der Waals surface area contributed by atoms with Gasteiger partial charge in [0, 0.05) is 22.2 Å². The summed E-state index contributed by atoms with van der Waals surface area (Å²) in [5.41, 5.74) is 1.85. The third-order valence-electron chi connectivity index (χ3n) is 3.53. The second-order valence-electron chi connectivity index (χ2n) is 5.19. The lowest BCUT2D eigenvalue weighted by atomic mass is 10.1. The number of nitro groups is 1. The molecule has 6 heteroatoms. The van der Waals surface area contributed by atoms with E-state index in [2.05, 4.69) is 22.0 Å². The number of halogens is 1. The maximum absolute atomic E-state index is 10.9. The summed E-state index contributed by atoms with van der Waals surface area (Å²) in [6, 6.07) is 19.2. The normalized spacial score (nSPS) is 11.1. The highest BCUT2D eigenvalue weighted by molar-refractivity contribution is 9.10. The van der Waals surface area contributed by atoms with Crippen LogP contribution in [0.5, 0.6) is 0 Å². The first-order valence-electron chi connectivity index (χ1n) is 7.29. The van der Waals surface area contributed by atoms with Gasteiger partial charge in [0.05, 0.1) is 16.6 Å². The van der Waals surface area contributed by atoms with Crippen molar-refractivity contribution in [2.75, 3.05) is 0 Å². The van der Waals surface area contributed by atoms with Crippen LogP contribution in [0.4, 0.5) is 5.69 Å². The van der Waals surface area contributed by atoms with Crippen LogP contribution in [-0.4, -0.2) is 4.92 Å². The number of rotatable bonds is 4. The minimum atomic E-state index is -0.450. The van der Waals surface area contributed by atoms with E-state index in [1.54, 1.807) is 30.3 Å². The number of furan rings is 1. The Morgan fingerprint density at radius 3 is 2.60 bits per heavy atom. The van der Waals surface area contributed by atoms with Crippen molar-refractivity contribution in [3.8, 4) is 17.4 Å². The number of nitriles is 1. The average molecular weight is 395 g/mol. The number of non-ortho nitro benzene ring substituents is 1. The van der Waals surface area contributed by atoms with Crippen molar-refractivity contribution in [1.29, 1.82) is 5.26 Å². The molecule has 0 atom stereocenters. The zero-order chi connectivity index (χ0) is 17.8. The lowest BCUT2D eigenvalue weighted by Gasteiger charge is -1.99. The first-order chi connectivity index (χ1) is 12.1. The molecule has 3 aromatic rings. The number of nitro benzene ring substituents is 1. The summed E-state index contributed by atoms with van der Waals surface area (Å²) in [6.45, 7) is 0. The highest BCUT2D eigenvalue weighted by Gasteiger charge is 2.10. The highest BCUT2D eigenvalue weighted by atomic mass is 79.9. The summed E-state index contributed by atoms with van der Waals surface area (Å²) in [6.07, 6.45) is 1.64. The van der Waals surface area contributed by atoms with Crippen molar-refractivity contribution in [2.45, 2.75) is 0 Å². The highest BCUT2D eigenvalue weighted by Crippen LogP contribution is 2.27. The largest absolute Gasteiger partial charge is 0.457 e. The molecule has 0 saturated heterocycles. The van der Waals surface area contributed by atoms with Crippen LogP contribution >= 0.6 is 15.9 Å². The molecule has 0 aliphatic rings. The Morgan fingerprint density at radius 1 is 1.16 bits per heavy atom. The molecule has 1 aromatic heterocycles. The molecule has 25 heavy (non-hydrogen) atoms. The van der Waals surface area contributed by atoms with E-state index in [4.69, 9.17) is 4.42 Å². The molecule has 0 aliphatic heterocycles. The molecule has 2 aromatic carbocycles. The number of nitrogens with zero attached hydrogens (tertiary/aromatic N) is 2. The van der Waals surface area contributed by atoms with Gasteiger partial charge in [0.2, 0.25) is 0 Å². The van der Waals surface area contributed by atoms with Gasteiger partial charge in [-0.15, -0.1) is 0 Å². The molecule has 0 saturated carbocycles. The van der Waals surface area contributed by atoms with E-state index in [0.29, 0.717) is 22.7 Å². The first kappa shape index (κ1) is 16.7. The number of hydrogen-bond acceptors (Lipinski definition) is 4.